The lowest BCUT2D eigenvalue weighted by molar-refractivity contribution is 0.594. The van der Waals surface area contributed by atoms with Crippen molar-refractivity contribution in [2.75, 3.05) is 0 Å². The van der Waals surface area contributed by atoms with E-state index in [4.69, 9.17) is 13.0 Å². The first-order valence-corrected chi connectivity index (χ1v) is 6.76. The Morgan fingerprint density at radius 2 is 2.16 bits per heavy atom. The standard InChI is InChI=1S/C14H15FN2OS/c1-6-11(17-19(18)14(2,3)4)10-8-7-9-12(16-5)13(10)15/h1,7-9,11,17H,2-4H3/t11-,19+/m1/s1. The minimum absolute atomic E-state index is 0.0962. The quantitative estimate of drug-likeness (QED) is 0.669. The summed E-state index contributed by atoms with van der Waals surface area (Å²) in [4.78, 5) is 3.08. The maximum absolute atomic E-state index is 14.0. The highest BCUT2D eigenvalue weighted by Gasteiger charge is 2.24. The Morgan fingerprint density at radius 3 is 2.63 bits per heavy atom. The number of halogens is 1. The van der Waals surface area contributed by atoms with Gasteiger partial charge in [-0.15, -0.1) is 6.42 Å². The van der Waals surface area contributed by atoms with Gasteiger partial charge in [0.2, 0.25) is 5.69 Å². The summed E-state index contributed by atoms with van der Waals surface area (Å²) in [5.74, 6) is 1.70. The lowest BCUT2D eigenvalue weighted by Crippen LogP contribution is -2.35. The fourth-order valence-corrected chi connectivity index (χ4v) is 2.08. The Balaban J connectivity index is 3.11. The predicted molar refractivity (Wildman–Crippen MR) is 75.3 cm³/mol. The number of nitrogens with zero attached hydrogens (tertiary/aromatic N) is 1. The molecule has 100 valence electrons. The van der Waals surface area contributed by atoms with E-state index in [0.29, 0.717) is 0 Å². The molecule has 1 aromatic rings. The van der Waals surface area contributed by atoms with E-state index in [0.717, 1.165) is 0 Å². The molecule has 0 saturated heterocycles. The van der Waals surface area contributed by atoms with Crippen molar-refractivity contribution in [3.63, 3.8) is 0 Å². The molecule has 1 aromatic carbocycles. The number of hydrogen-bond donors (Lipinski definition) is 1. The van der Waals surface area contributed by atoms with Gasteiger partial charge in [0.25, 0.3) is 0 Å². The highest BCUT2D eigenvalue weighted by Crippen LogP contribution is 2.26. The molecule has 0 unspecified atom stereocenters. The molecule has 0 bridgehead atoms. The van der Waals surface area contributed by atoms with Crippen LogP contribution in [0.1, 0.15) is 32.4 Å². The average Bonchev–Trinajstić information content (AvgIpc) is 2.35. The van der Waals surface area contributed by atoms with Gasteiger partial charge in [0, 0.05) is 5.56 Å². The van der Waals surface area contributed by atoms with E-state index < -0.39 is 27.6 Å². The molecule has 0 spiro atoms. The number of benzene rings is 1. The van der Waals surface area contributed by atoms with Crippen LogP contribution < -0.4 is 4.72 Å². The van der Waals surface area contributed by atoms with Crippen LogP contribution in [-0.2, 0) is 11.0 Å². The van der Waals surface area contributed by atoms with E-state index in [1.54, 1.807) is 26.8 Å². The first kappa shape index (κ1) is 15.4. The average molecular weight is 278 g/mol. The Bertz CT molecular complexity index is 579. The van der Waals surface area contributed by atoms with Gasteiger partial charge in [-0.05, 0) is 20.8 Å². The zero-order valence-electron chi connectivity index (χ0n) is 11.0. The molecule has 0 heterocycles. The zero-order valence-corrected chi connectivity index (χ0v) is 11.8. The van der Waals surface area contributed by atoms with E-state index in [9.17, 15) is 8.60 Å². The third kappa shape index (κ3) is 3.64. The predicted octanol–water partition coefficient (Wildman–Crippen LogP) is 3.10. The van der Waals surface area contributed by atoms with Gasteiger partial charge in [-0.1, -0.05) is 24.1 Å². The van der Waals surface area contributed by atoms with E-state index in [-0.39, 0.29) is 11.3 Å². The summed E-state index contributed by atoms with van der Waals surface area (Å²) < 4.78 is 28.2. The minimum atomic E-state index is -1.42. The molecule has 5 heteroatoms. The second kappa shape index (κ2) is 5.97. The molecule has 0 saturated carbocycles. The summed E-state index contributed by atoms with van der Waals surface area (Å²) in [5, 5.41) is 0. The number of terminal acetylenes is 1. The molecule has 19 heavy (non-hydrogen) atoms. The molecule has 1 rings (SSSR count). The van der Waals surface area contributed by atoms with Gasteiger partial charge in [0.15, 0.2) is 0 Å². The zero-order chi connectivity index (χ0) is 14.6. The second-order valence-electron chi connectivity index (χ2n) is 4.89. The molecule has 0 aliphatic heterocycles. The molecule has 0 radical (unpaired) electrons. The van der Waals surface area contributed by atoms with Gasteiger partial charge in [0.05, 0.1) is 22.3 Å². The molecule has 0 aromatic heterocycles. The van der Waals surface area contributed by atoms with Gasteiger partial charge in [0.1, 0.15) is 11.9 Å². The van der Waals surface area contributed by atoms with Crippen LogP contribution in [0.2, 0.25) is 0 Å². The summed E-state index contributed by atoms with van der Waals surface area (Å²) in [6.45, 7) is 12.2. The van der Waals surface area contributed by atoms with E-state index >= 15 is 0 Å². The van der Waals surface area contributed by atoms with Crippen LogP contribution >= 0.6 is 0 Å². The van der Waals surface area contributed by atoms with Crippen molar-refractivity contribution in [2.45, 2.75) is 31.6 Å². The number of nitrogens with one attached hydrogen (secondary N) is 1. The summed E-state index contributed by atoms with van der Waals surface area (Å²) >= 11 is 0. The molecular weight excluding hydrogens is 263 g/mol. The van der Waals surface area contributed by atoms with Crippen LogP contribution in [0.15, 0.2) is 18.2 Å². The van der Waals surface area contributed by atoms with Crippen molar-refractivity contribution < 1.29 is 8.60 Å². The van der Waals surface area contributed by atoms with Crippen LogP contribution in [0.3, 0.4) is 0 Å². The maximum Gasteiger partial charge on any atom is 0.222 e. The van der Waals surface area contributed by atoms with Gasteiger partial charge in [-0.3, -0.25) is 0 Å². The molecule has 0 aliphatic rings. The van der Waals surface area contributed by atoms with Crippen molar-refractivity contribution in [3.05, 3.63) is 41.0 Å². The van der Waals surface area contributed by atoms with Crippen LogP contribution in [0.25, 0.3) is 4.85 Å². The molecule has 3 nitrogen and oxygen atoms in total. The monoisotopic (exact) mass is 278 g/mol. The smallest absolute Gasteiger partial charge is 0.222 e. The largest absolute Gasteiger partial charge is 0.242 e. The topological polar surface area (TPSA) is 33.5 Å². The van der Waals surface area contributed by atoms with Crippen molar-refractivity contribution in [3.8, 4) is 12.3 Å². The molecular formula is C14H15FN2OS. The summed E-state index contributed by atoms with van der Waals surface area (Å²) in [7, 11) is -1.42. The maximum atomic E-state index is 14.0. The van der Waals surface area contributed by atoms with Gasteiger partial charge >= 0.3 is 0 Å². The summed E-state index contributed by atoms with van der Waals surface area (Å²) in [6.07, 6.45) is 5.37. The van der Waals surface area contributed by atoms with Crippen molar-refractivity contribution >= 4 is 16.7 Å². The lowest BCUT2D eigenvalue weighted by Gasteiger charge is -2.22. The minimum Gasteiger partial charge on any atom is -0.242 e. The van der Waals surface area contributed by atoms with E-state index in [2.05, 4.69) is 15.5 Å². The third-order valence-corrected chi connectivity index (χ3v) is 3.95. The Hall–Kier alpha value is -1.69. The van der Waals surface area contributed by atoms with Gasteiger partial charge in [-0.2, -0.15) is 0 Å². The SMILES string of the molecule is [C-]#[N+]c1cccc([C@@H](C#C)N[S@@](=O)C(C)(C)C)c1F. The summed E-state index contributed by atoms with van der Waals surface area (Å²) in [5.41, 5.74) is 0.0645. The van der Waals surface area contributed by atoms with E-state index in [1.165, 1.54) is 12.1 Å². The second-order valence-corrected chi connectivity index (χ2v) is 6.89. The van der Waals surface area contributed by atoms with Crippen LogP contribution in [0, 0.1) is 24.7 Å². The molecule has 0 fully saturated rings. The lowest BCUT2D eigenvalue weighted by atomic mass is 10.1. The van der Waals surface area contributed by atoms with Crippen molar-refractivity contribution in [1.82, 2.24) is 4.72 Å². The number of rotatable bonds is 3. The van der Waals surface area contributed by atoms with Crippen molar-refractivity contribution in [2.24, 2.45) is 0 Å². The first-order chi connectivity index (χ1) is 8.81. The highest BCUT2D eigenvalue weighted by atomic mass is 32.2. The van der Waals surface area contributed by atoms with Crippen LogP contribution in [-0.4, -0.2) is 8.96 Å². The first-order valence-electron chi connectivity index (χ1n) is 5.61. The molecule has 0 aliphatic carbocycles. The van der Waals surface area contributed by atoms with Crippen LogP contribution in [0.4, 0.5) is 10.1 Å². The van der Waals surface area contributed by atoms with Gasteiger partial charge < -0.3 is 0 Å². The summed E-state index contributed by atoms with van der Waals surface area (Å²) in [6, 6.07) is 3.58. The van der Waals surface area contributed by atoms with Crippen molar-refractivity contribution in [1.29, 1.82) is 0 Å². The highest BCUT2D eigenvalue weighted by molar-refractivity contribution is 7.84. The third-order valence-electron chi connectivity index (χ3n) is 2.39. The van der Waals surface area contributed by atoms with E-state index in [1.807, 2.05) is 0 Å². The number of hydrogen-bond acceptors (Lipinski definition) is 1. The van der Waals surface area contributed by atoms with Crippen LogP contribution in [0.5, 0.6) is 0 Å². The Kier molecular flexibility index (Phi) is 4.83. The fraction of sp³-hybridized carbons (Fsp3) is 0.357. The molecule has 0 amide bonds. The van der Waals surface area contributed by atoms with Gasteiger partial charge in [-0.25, -0.2) is 18.2 Å². The molecule has 2 atom stereocenters. The normalized spacial score (nSPS) is 14.2. The Labute approximate surface area is 115 Å². The fourth-order valence-electron chi connectivity index (χ4n) is 1.32. The molecule has 1 N–H and O–H groups in total. The Morgan fingerprint density at radius 1 is 1.53 bits per heavy atom.